The maximum absolute atomic E-state index is 14.8. The summed E-state index contributed by atoms with van der Waals surface area (Å²) in [7, 11) is 0.728. The number of esters is 3. The highest BCUT2D eigenvalue weighted by atomic mass is 19.4. The van der Waals surface area contributed by atoms with Crippen LogP contribution in [0.4, 0.5) is 13.2 Å². The average Bonchev–Trinajstić information content (AvgIpc) is 3.00. The molecule has 2 atom stereocenters. The average molecular weight is 647 g/mol. The second kappa shape index (κ2) is 15.6. The van der Waals surface area contributed by atoms with Gasteiger partial charge in [-0.3, -0.25) is 4.79 Å². The summed E-state index contributed by atoms with van der Waals surface area (Å²) in [4.78, 5) is 53.8. The third-order valence-electron chi connectivity index (χ3n) is 7.36. The normalized spacial score (nSPS) is 15.7. The van der Waals surface area contributed by atoms with E-state index in [1.165, 1.54) is 18.2 Å². The van der Waals surface area contributed by atoms with Gasteiger partial charge in [0.05, 0.1) is 24.4 Å². The Morgan fingerprint density at radius 2 is 1.33 bits per heavy atom. The molecule has 0 spiro atoms. The van der Waals surface area contributed by atoms with Crippen LogP contribution in [0.25, 0.3) is 0 Å². The number of alkyl halides is 3. The number of methoxy groups -OCH3 is 1. The van der Waals surface area contributed by atoms with Gasteiger partial charge in [0.2, 0.25) is 0 Å². The standard InChI is InChI=1S/C33H37F3N2O8/c1-6-44-29(40)26-20(3)37-21(4)27(30(41)45-7-2)24(26)18-25(28(39)46-19-22-14-10-8-11-15-22)38-31(42)32(43-5,33(34,35)36)23-16-12-9-13-17-23/h8-17,24-25,37H,6-7,18-19H2,1-5H3,(H,38,42)/t25-,32+/m0/s1. The number of nitrogens with one attached hydrogen (secondary N) is 2. The van der Waals surface area contributed by atoms with Crippen LogP contribution in [0.3, 0.4) is 0 Å². The molecule has 46 heavy (non-hydrogen) atoms. The van der Waals surface area contributed by atoms with Crippen molar-refractivity contribution in [1.82, 2.24) is 10.6 Å². The molecule has 2 aromatic rings. The SMILES string of the molecule is CCOC(=O)C1=C(C)NC(C)=C(C(=O)OCC)C1C[C@H](NC(=O)[C@](OC)(c1ccccc1)C(F)(F)F)C(=O)OCc1ccccc1. The summed E-state index contributed by atoms with van der Waals surface area (Å²) < 4.78 is 65.1. The van der Waals surface area contributed by atoms with Gasteiger partial charge >= 0.3 is 24.1 Å². The van der Waals surface area contributed by atoms with E-state index in [9.17, 15) is 32.3 Å². The van der Waals surface area contributed by atoms with Crippen LogP contribution in [-0.4, -0.2) is 56.4 Å². The zero-order valence-corrected chi connectivity index (χ0v) is 26.2. The molecule has 0 radical (unpaired) electrons. The molecule has 10 nitrogen and oxygen atoms in total. The van der Waals surface area contributed by atoms with Crippen LogP contribution < -0.4 is 10.6 Å². The van der Waals surface area contributed by atoms with Crippen molar-refractivity contribution in [3.63, 3.8) is 0 Å². The zero-order valence-electron chi connectivity index (χ0n) is 26.2. The predicted octanol–water partition coefficient (Wildman–Crippen LogP) is 4.60. The fraction of sp³-hybridized carbons (Fsp3) is 0.394. The molecule has 0 unspecified atom stereocenters. The molecule has 2 aromatic carbocycles. The van der Waals surface area contributed by atoms with Gasteiger partial charge in [-0.25, -0.2) is 14.4 Å². The van der Waals surface area contributed by atoms with E-state index in [0.717, 1.165) is 19.2 Å². The number of carbonyl (C=O) groups excluding carboxylic acids is 4. The van der Waals surface area contributed by atoms with Crippen molar-refractivity contribution >= 4 is 23.8 Å². The van der Waals surface area contributed by atoms with Crippen LogP contribution in [0.1, 0.15) is 45.2 Å². The van der Waals surface area contributed by atoms with Crippen LogP contribution in [0, 0.1) is 5.92 Å². The van der Waals surface area contributed by atoms with Gasteiger partial charge in [-0.05, 0) is 39.7 Å². The van der Waals surface area contributed by atoms with Gasteiger partial charge in [0.1, 0.15) is 12.6 Å². The second-order valence-corrected chi connectivity index (χ2v) is 10.3. The Kier molecular flexibility index (Phi) is 12.1. The highest BCUT2D eigenvalue weighted by Gasteiger charge is 2.63. The molecule has 1 heterocycles. The number of halogens is 3. The fourth-order valence-corrected chi connectivity index (χ4v) is 5.29. The predicted molar refractivity (Wildman–Crippen MR) is 159 cm³/mol. The Morgan fingerprint density at radius 3 is 1.78 bits per heavy atom. The van der Waals surface area contributed by atoms with E-state index in [4.69, 9.17) is 18.9 Å². The molecular formula is C33H37F3N2O8. The molecule has 0 bridgehead atoms. The molecule has 1 amide bonds. The monoisotopic (exact) mass is 646 g/mol. The minimum Gasteiger partial charge on any atom is -0.463 e. The lowest BCUT2D eigenvalue weighted by atomic mass is 9.80. The number of rotatable bonds is 13. The van der Waals surface area contributed by atoms with Crippen LogP contribution in [0.5, 0.6) is 0 Å². The largest absolute Gasteiger partial charge is 0.463 e. The van der Waals surface area contributed by atoms with Crippen molar-refractivity contribution in [3.05, 3.63) is 94.3 Å². The van der Waals surface area contributed by atoms with E-state index < -0.39 is 59.5 Å². The minimum atomic E-state index is -5.28. The summed E-state index contributed by atoms with van der Waals surface area (Å²) in [5.74, 6) is -5.74. The Balaban J connectivity index is 2.14. The van der Waals surface area contributed by atoms with Gasteiger partial charge in [-0.15, -0.1) is 0 Å². The van der Waals surface area contributed by atoms with E-state index in [-0.39, 0.29) is 42.4 Å². The first kappa shape index (κ1) is 35.8. The van der Waals surface area contributed by atoms with Crippen molar-refractivity contribution in [1.29, 1.82) is 0 Å². The Bertz CT molecular complexity index is 1430. The molecule has 1 aliphatic rings. The van der Waals surface area contributed by atoms with Crippen molar-refractivity contribution in [2.45, 2.75) is 58.5 Å². The molecule has 13 heteroatoms. The third kappa shape index (κ3) is 7.76. The van der Waals surface area contributed by atoms with Crippen molar-refractivity contribution in [3.8, 4) is 0 Å². The number of carbonyl (C=O) groups is 4. The maximum Gasteiger partial charge on any atom is 0.430 e. The lowest BCUT2D eigenvalue weighted by molar-refractivity contribution is -0.266. The molecule has 0 aromatic heterocycles. The number of hydrogen-bond donors (Lipinski definition) is 2. The number of dihydropyridines is 1. The van der Waals surface area contributed by atoms with Gasteiger partial charge in [-0.1, -0.05) is 60.7 Å². The van der Waals surface area contributed by atoms with Crippen molar-refractivity contribution in [2.75, 3.05) is 20.3 Å². The summed E-state index contributed by atoms with van der Waals surface area (Å²) in [6.07, 6.45) is -5.84. The number of benzene rings is 2. The molecule has 1 aliphatic heterocycles. The van der Waals surface area contributed by atoms with Gasteiger partial charge in [0.15, 0.2) is 0 Å². The summed E-state index contributed by atoms with van der Waals surface area (Å²) >= 11 is 0. The van der Waals surface area contributed by atoms with E-state index in [1.54, 1.807) is 58.0 Å². The van der Waals surface area contributed by atoms with E-state index in [1.807, 2.05) is 0 Å². The lowest BCUT2D eigenvalue weighted by Gasteiger charge is -2.36. The Labute approximate surface area is 264 Å². The highest BCUT2D eigenvalue weighted by Crippen LogP contribution is 2.43. The first-order chi connectivity index (χ1) is 21.8. The summed E-state index contributed by atoms with van der Waals surface area (Å²) in [5, 5.41) is 5.12. The number of ether oxygens (including phenoxy) is 4. The third-order valence-corrected chi connectivity index (χ3v) is 7.36. The molecular weight excluding hydrogens is 609 g/mol. The van der Waals surface area contributed by atoms with Gasteiger partial charge in [-0.2, -0.15) is 13.2 Å². The second-order valence-electron chi connectivity index (χ2n) is 10.3. The van der Waals surface area contributed by atoms with Crippen molar-refractivity contribution in [2.24, 2.45) is 5.92 Å². The van der Waals surface area contributed by atoms with Gasteiger partial charge < -0.3 is 29.6 Å². The first-order valence-corrected chi connectivity index (χ1v) is 14.5. The van der Waals surface area contributed by atoms with Crippen LogP contribution in [-0.2, 0) is 50.3 Å². The van der Waals surface area contributed by atoms with Gasteiger partial charge in [0.25, 0.3) is 11.5 Å². The number of hydrogen-bond acceptors (Lipinski definition) is 9. The molecule has 0 fully saturated rings. The van der Waals surface area contributed by atoms with E-state index >= 15 is 0 Å². The maximum atomic E-state index is 14.8. The summed E-state index contributed by atoms with van der Waals surface area (Å²) in [5.41, 5.74) is -3.06. The highest BCUT2D eigenvalue weighted by molar-refractivity contribution is 5.98. The Hall–Kier alpha value is -4.65. The molecule has 2 N–H and O–H groups in total. The van der Waals surface area contributed by atoms with Crippen LogP contribution in [0.15, 0.2) is 83.2 Å². The zero-order chi connectivity index (χ0) is 34.1. The number of allylic oxidation sites excluding steroid dienone is 2. The van der Waals surface area contributed by atoms with E-state index in [0.29, 0.717) is 5.56 Å². The quantitative estimate of drug-likeness (QED) is 0.237. The molecule has 0 saturated carbocycles. The van der Waals surface area contributed by atoms with Crippen LogP contribution >= 0.6 is 0 Å². The molecule has 0 aliphatic carbocycles. The minimum absolute atomic E-state index is 0.0297. The molecule has 0 saturated heterocycles. The topological polar surface area (TPSA) is 129 Å². The Morgan fingerprint density at radius 1 is 0.826 bits per heavy atom. The molecule has 248 valence electrons. The van der Waals surface area contributed by atoms with Crippen molar-refractivity contribution < 1.29 is 51.3 Å². The summed E-state index contributed by atoms with van der Waals surface area (Å²) in [6, 6.07) is 12.9. The number of amides is 1. The summed E-state index contributed by atoms with van der Waals surface area (Å²) in [6.45, 7) is 5.89. The smallest absolute Gasteiger partial charge is 0.430 e. The van der Waals surface area contributed by atoms with Crippen LogP contribution in [0.2, 0.25) is 0 Å². The molecule has 3 rings (SSSR count). The fourth-order valence-electron chi connectivity index (χ4n) is 5.29. The van der Waals surface area contributed by atoms with Gasteiger partial charge in [0, 0.05) is 30.0 Å². The lowest BCUT2D eigenvalue weighted by Crippen LogP contribution is -2.59. The first-order valence-electron chi connectivity index (χ1n) is 14.5. The van der Waals surface area contributed by atoms with E-state index in [2.05, 4.69) is 10.6 Å².